The van der Waals surface area contributed by atoms with Crippen LogP contribution in [0.5, 0.6) is 0 Å². The predicted octanol–water partition coefficient (Wildman–Crippen LogP) is 2.04. The van der Waals surface area contributed by atoms with Gasteiger partial charge in [0.2, 0.25) is 0 Å². The molecule has 3 aromatic rings. The number of hydrogen-bond acceptors (Lipinski definition) is 6. The van der Waals surface area contributed by atoms with Gasteiger partial charge in [0.15, 0.2) is 5.84 Å². The van der Waals surface area contributed by atoms with E-state index in [-0.39, 0.29) is 5.56 Å². The maximum atomic E-state index is 13.2. The number of benzene rings is 2. The summed E-state index contributed by atoms with van der Waals surface area (Å²) in [6.45, 7) is 4.46. The average molecular weight is 420 g/mol. The van der Waals surface area contributed by atoms with Gasteiger partial charge in [-0.2, -0.15) is 5.10 Å². The van der Waals surface area contributed by atoms with Crippen molar-refractivity contribution in [3.8, 4) is 0 Å². The van der Waals surface area contributed by atoms with E-state index in [1.807, 2.05) is 41.8 Å². The van der Waals surface area contributed by atoms with Gasteiger partial charge < -0.3 is 22.2 Å². The highest BCUT2D eigenvalue weighted by molar-refractivity contribution is 6.02. The molecule has 6 N–H and O–H groups in total. The Kier molecular flexibility index (Phi) is 5.79. The quantitative estimate of drug-likeness (QED) is 0.191. The van der Waals surface area contributed by atoms with E-state index < -0.39 is 0 Å². The summed E-state index contributed by atoms with van der Waals surface area (Å²) in [6, 6.07) is 13.2. The lowest BCUT2D eigenvalue weighted by Gasteiger charge is -2.35. The molecule has 31 heavy (non-hydrogen) atoms. The van der Waals surface area contributed by atoms with E-state index in [0.717, 1.165) is 43.0 Å². The minimum atomic E-state index is -0.00569. The monoisotopic (exact) mass is 419 g/mol. The van der Waals surface area contributed by atoms with Gasteiger partial charge in [0, 0.05) is 43.0 Å². The lowest BCUT2D eigenvalue weighted by atomic mass is 9.95. The fraction of sp³-hybridized carbons (Fsp3) is 0.348. The molecule has 1 fully saturated rings. The van der Waals surface area contributed by atoms with E-state index in [2.05, 4.69) is 10.0 Å². The summed E-state index contributed by atoms with van der Waals surface area (Å²) in [5, 5.41) is 4.24. The zero-order valence-corrected chi connectivity index (χ0v) is 17.8. The van der Waals surface area contributed by atoms with Crippen LogP contribution >= 0.6 is 0 Å². The predicted molar refractivity (Wildman–Crippen MR) is 126 cm³/mol. The number of nitrogen functional groups attached to an aromatic ring is 1. The number of anilines is 2. The van der Waals surface area contributed by atoms with Gasteiger partial charge in [-0.3, -0.25) is 9.36 Å². The summed E-state index contributed by atoms with van der Waals surface area (Å²) in [5.41, 5.74) is 15.1. The lowest BCUT2D eigenvalue weighted by molar-refractivity contribution is 0.347. The first kappa shape index (κ1) is 20.7. The summed E-state index contributed by atoms with van der Waals surface area (Å²) in [7, 11) is 0. The van der Waals surface area contributed by atoms with Crippen molar-refractivity contribution in [2.75, 3.05) is 23.7 Å². The first-order valence-corrected chi connectivity index (χ1v) is 10.7. The average Bonchev–Trinajstić information content (AvgIpc) is 2.81. The Morgan fingerprint density at radius 1 is 1.19 bits per heavy atom. The Morgan fingerprint density at radius 3 is 2.65 bits per heavy atom. The fourth-order valence-electron chi connectivity index (χ4n) is 4.39. The van der Waals surface area contributed by atoms with Crippen molar-refractivity contribution in [1.29, 1.82) is 0 Å². The van der Waals surface area contributed by atoms with Gasteiger partial charge in [-0.05, 0) is 49.1 Å². The molecule has 0 atom stereocenters. The number of hydrazone groups is 1. The summed E-state index contributed by atoms with van der Waals surface area (Å²) in [6.07, 6.45) is 2.65. The third kappa shape index (κ3) is 4.05. The van der Waals surface area contributed by atoms with Crippen LogP contribution in [-0.4, -0.2) is 28.5 Å². The van der Waals surface area contributed by atoms with Crippen molar-refractivity contribution in [3.05, 3.63) is 64.2 Å². The van der Waals surface area contributed by atoms with Crippen LogP contribution < -0.4 is 27.8 Å². The fourth-order valence-corrected chi connectivity index (χ4v) is 4.39. The van der Waals surface area contributed by atoms with E-state index in [0.29, 0.717) is 41.3 Å². The van der Waals surface area contributed by atoms with Crippen molar-refractivity contribution < 1.29 is 0 Å². The number of aryl methyl sites for hydroxylation is 1. The molecule has 0 aliphatic carbocycles. The molecule has 0 amide bonds. The minimum absolute atomic E-state index is 0.00569. The van der Waals surface area contributed by atoms with Crippen LogP contribution in [0.15, 0.2) is 52.4 Å². The van der Waals surface area contributed by atoms with Crippen LogP contribution in [0.4, 0.5) is 11.4 Å². The number of piperidine rings is 1. The van der Waals surface area contributed by atoms with Crippen molar-refractivity contribution >= 4 is 28.1 Å². The number of amidine groups is 1. The van der Waals surface area contributed by atoms with Crippen LogP contribution in [0.3, 0.4) is 0 Å². The first-order chi connectivity index (χ1) is 15.0. The van der Waals surface area contributed by atoms with Crippen LogP contribution in [0, 0.1) is 5.92 Å². The standard InChI is InChI=1S/C23H29N7O/c1-2-21-27-19-8-7-16(24)13-18(19)23(31)30(21)14-15-9-11-29(12-10-15)20-6-4-3-5-17(20)22(25)28-26/h3-8,13,15H,2,9-12,14,24,26H2,1H3,(H2,25,28). The molecular weight excluding hydrogens is 390 g/mol. The van der Waals surface area contributed by atoms with Crippen LogP contribution in [0.1, 0.15) is 31.2 Å². The molecule has 1 aromatic heterocycles. The molecule has 1 saturated heterocycles. The molecule has 0 radical (unpaired) electrons. The highest BCUT2D eigenvalue weighted by Gasteiger charge is 2.23. The highest BCUT2D eigenvalue weighted by atomic mass is 16.1. The number of hydrogen-bond donors (Lipinski definition) is 3. The summed E-state index contributed by atoms with van der Waals surface area (Å²) in [4.78, 5) is 20.2. The molecule has 1 aliphatic heterocycles. The number of para-hydroxylation sites is 1. The smallest absolute Gasteiger partial charge is 0.261 e. The van der Waals surface area contributed by atoms with Crippen LogP contribution in [-0.2, 0) is 13.0 Å². The SMILES string of the molecule is CCc1nc2ccc(N)cc2c(=O)n1CC1CCN(c2ccccc2/C(N)=N/N)CC1. The zero-order valence-electron chi connectivity index (χ0n) is 17.8. The van der Waals surface area contributed by atoms with Crippen molar-refractivity contribution in [3.63, 3.8) is 0 Å². The molecular formula is C23H29N7O. The largest absolute Gasteiger partial charge is 0.399 e. The summed E-state index contributed by atoms with van der Waals surface area (Å²) < 4.78 is 1.84. The first-order valence-electron chi connectivity index (χ1n) is 10.7. The Labute approximate surface area is 181 Å². The Bertz CT molecular complexity index is 1180. The minimum Gasteiger partial charge on any atom is -0.399 e. The number of aromatic nitrogens is 2. The number of fused-ring (bicyclic) bond motifs is 1. The molecule has 162 valence electrons. The topological polar surface area (TPSA) is 129 Å². The second kappa shape index (κ2) is 8.67. The number of nitrogens with two attached hydrogens (primary N) is 3. The van der Waals surface area contributed by atoms with Gasteiger partial charge in [-0.25, -0.2) is 4.98 Å². The molecule has 0 spiro atoms. The van der Waals surface area contributed by atoms with Crippen molar-refractivity contribution in [2.24, 2.45) is 22.6 Å². The van der Waals surface area contributed by atoms with Gasteiger partial charge in [0.25, 0.3) is 5.56 Å². The Balaban J connectivity index is 1.54. The maximum Gasteiger partial charge on any atom is 0.261 e. The Morgan fingerprint density at radius 2 is 1.94 bits per heavy atom. The van der Waals surface area contributed by atoms with Gasteiger partial charge >= 0.3 is 0 Å². The van der Waals surface area contributed by atoms with Gasteiger partial charge in [-0.1, -0.05) is 19.1 Å². The molecule has 0 unspecified atom stereocenters. The van der Waals surface area contributed by atoms with Crippen LogP contribution in [0.25, 0.3) is 10.9 Å². The molecule has 2 aromatic carbocycles. The summed E-state index contributed by atoms with van der Waals surface area (Å²) in [5.74, 6) is 6.95. The van der Waals surface area contributed by atoms with Gasteiger partial charge in [-0.15, -0.1) is 0 Å². The second-order valence-corrected chi connectivity index (χ2v) is 8.04. The van der Waals surface area contributed by atoms with Gasteiger partial charge in [0.05, 0.1) is 10.9 Å². The van der Waals surface area contributed by atoms with E-state index in [1.54, 1.807) is 12.1 Å². The third-order valence-electron chi connectivity index (χ3n) is 6.09. The summed E-state index contributed by atoms with van der Waals surface area (Å²) >= 11 is 0. The number of rotatable bonds is 5. The molecule has 8 heteroatoms. The molecule has 4 rings (SSSR count). The second-order valence-electron chi connectivity index (χ2n) is 8.04. The van der Waals surface area contributed by atoms with E-state index >= 15 is 0 Å². The zero-order chi connectivity index (χ0) is 22.0. The lowest BCUT2D eigenvalue weighted by Crippen LogP contribution is -2.38. The van der Waals surface area contributed by atoms with E-state index in [1.165, 1.54) is 0 Å². The van der Waals surface area contributed by atoms with Gasteiger partial charge in [0.1, 0.15) is 5.82 Å². The van der Waals surface area contributed by atoms with Crippen molar-refractivity contribution in [1.82, 2.24) is 9.55 Å². The normalized spacial score (nSPS) is 15.5. The Hall–Kier alpha value is -3.55. The number of nitrogens with zero attached hydrogens (tertiary/aromatic N) is 4. The molecule has 8 nitrogen and oxygen atoms in total. The van der Waals surface area contributed by atoms with Crippen LogP contribution in [0.2, 0.25) is 0 Å². The molecule has 1 aliphatic rings. The molecule has 0 saturated carbocycles. The third-order valence-corrected chi connectivity index (χ3v) is 6.09. The highest BCUT2D eigenvalue weighted by Crippen LogP contribution is 2.27. The van der Waals surface area contributed by atoms with E-state index in [4.69, 9.17) is 22.3 Å². The van der Waals surface area contributed by atoms with E-state index in [9.17, 15) is 4.79 Å². The molecule has 2 heterocycles. The maximum absolute atomic E-state index is 13.2. The molecule has 0 bridgehead atoms. The van der Waals surface area contributed by atoms with Crippen molar-refractivity contribution in [2.45, 2.75) is 32.7 Å².